The number of anilines is 1. The topological polar surface area (TPSA) is 114 Å². The Morgan fingerprint density at radius 3 is 2.56 bits per heavy atom. The van der Waals surface area contributed by atoms with E-state index in [0.29, 0.717) is 10.6 Å². The van der Waals surface area contributed by atoms with Gasteiger partial charge in [0.2, 0.25) is 0 Å². The van der Waals surface area contributed by atoms with Crippen molar-refractivity contribution >= 4 is 35.0 Å². The SMILES string of the molecule is N#C/C(=C\c1ccccc1Cl)C(=O)Nc1cc2c(cc1[N+](=O)[O-])OCCO2. The van der Waals surface area contributed by atoms with Crippen LogP contribution in [0.5, 0.6) is 11.5 Å². The van der Waals surface area contributed by atoms with E-state index in [1.165, 1.54) is 18.2 Å². The number of ether oxygens (including phenoxy) is 2. The van der Waals surface area contributed by atoms with Gasteiger partial charge in [0.1, 0.15) is 30.5 Å². The molecule has 0 aromatic heterocycles. The van der Waals surface area contributed by atoms with Crippen molar-refractivity contribution in [3.05, 3.63) is 62.7 Å². The van der Waals surface area contributed by atoms with Gasteiger partial charge in [-0.25, -0.2) is 0 Å². The molecule has 0 unspecified atom stereocenters. The minimum Gasteiger partial charge on any atom is -0.486 e. The number of hydrogen-bond acceptors (Lipinski definition) is 6. The highest BCUT2D eigenvalue weighted by molar-refractivity contribution is 6.32. The predicted molar refractivity (Wildman–Crippen MR) is 97.8 cm³/mol. The molecule has 2 aromatic carbocycles. The summed E-state index contributed by atoms with van der Waals surface area (Å²) in [6, 6.07) is 10.9. The van der Waals surface area contributed by atoms with Gasteiger partial charge in [-0.3, -0.25) is 14.9 Å². The fraction of sp³-hybridized carbons (Fsp3) is 0.111. The maximum Gasteiger partial charge on any atom is 0.296 e. The van der Waals surface area contributed by atoms with Crippen LogP contribution in [0, 0.1) is 21.4 Å². The predicted octanol–water partition coefficient (Wildman–Crippen LogP) is 3.57. The molecule has 27 heavy (non-hydrogen) atoms. The largest absolute Gasteiger partial charge is 0.486 e. The Labute approximate surface area is 158 Å². The Balaban J connectivity index is 1.94. The van der Waals surface area contributed by atoms with Crippen molar-refractivity contribution in [2.45, 2.75) is 0 Å². The van der Waals surface area contributed by atoms with Crippen molar-refractivity contribution in [1.29, 1.82) is 5.26 Å². The fourth-order valence-corrected chi connectivity index (χ4v) is 2.61. The van der Waals surface area contributed by atoms with Gasteiger partial charge < -0.3 is 14.8 Å². The molecule has 9 heteroatoms. The molecule has 1 aliphatic rings. The van der Waals surface area contributed by atoms with E-state index >= 15 is 0 Å². The zero-order valence-corrected chi connectivity index (χ0v) is 14.5. The summed E-state index contributed by atoms with van der Waals surface area (Å²) < 4.78 is 10.7. The third-order valence-corrected chi connectivity index (χ3v) is 4.02. The first-order chi connectivity index (χ1) is 13.0. The van der Waals surface area contributed by atoms with Crippen LogP contribution >= 0.6 is 11.6 Å². The lowest BCUT2D eigenvalue weighted by Gasteiger charge is -2.19. The Morgan fingerprint density at radius 2 is 1.93 bits per heavy atom. The number of carbonyl (C=O) groups excluding carboxylic acids is 1. The lowest BCUT2D eigenvalue weighted by molar-refractivity contribution is -0.384. The number of halogens is 1. The average molecular weight is 386 g/mol. The third kappa shape index (κ3) is 3.99. The van der Waals surface area contributed by atoms with Crippen LogP contribution < -0.4 is 14.8 Å². The van der Waals surface area contributed by atoms with Crippen molar-refractivity contribution in [2.75, 3.05) is 18.5 Å². The van der Waals surface area contributed by atoms with E-state index in [0.717, 1.165) is 0 Å². The zero-order chi connectivity index (χ0) is 19.4. The van der Waals surface area contributed by atoms with Crippen molar-refractivity contribution < 1.29 is 19.2 Å². The summed E-state index contributed by atoms with van der Waals surface area (Å²) >= 11 is 6.03. The zero-order valence-electron chi connectivity index (χ0n) is 13.8. The number of nitriles is 1. The van der Waals surface area contributed by atoms with Gasteiger partial charge >= 0.3 is 0 Å². The van der Waals surface area contributed by atoms with Crippen molar-refractivity contribution in [1.82, 2.24) is 0 Å². The van der Waals surface area contributed by atoms with Crippen LogP contribution in [0.15, 0.2) is 42.0 Å². The summed E-state index contributed by atoms with van der Waals surface area (Å²) in [6.45, 7) is 0.559. The minimum atomic E-state index is -0.808. The van der Waals surface area contributed by atoms with E-state index in [2.05, 4.69) is 5.32 Å². The molecule has 0 bridgehead atoms. The molecule has 1 heterocycles. The second-order valence-electron chi connectivity index (χ2n) is 5.42. The van der Waals surface area contributed by atoms with Crippen LogP contribution in [0.25, 0.3) is 6.08 Å². The van der Waals surface area contributed by atoms with E-state index in [1.54, 1.807) is 30.3 Å². The Kier molecular flexibility index (Phi) is 5.24. The first kappa shape index (κ1) is 18.2. The van der Waals surface area contributed by atoms with Gasteiger partial charge in [-0.1, -0.05) is 29.8 Å². The second kappa shape index (κ2) is 7.76. The Morgan fingerprint density at radius 1 is 1.26 bits per heavy atom. The summed E-state index contributed by atoms with van der Waals surface area (Å²) in [6.07, 6.45) is 1.31. The first-order valence-corrected chi connectivity index (χ1v) is 8.13. The molecule has 3 rings (SSSR count). The summed E-state index contributed by atoms with van der Waals surface area (Å²) in [7, 11) is 0. The number of nitro groups is 1. The summed E-state index contributed by atoms with van der Waals surface area (Å²) in [5.41, 5.74) is -0.257. The molecule has 0 radical (unpaired) electrons. The second-order valence-corrected chi connectivity index (χ2v) is 5.82. The number of hydrogen-bond donors (Lipinski definition) is 1. The minimum absolute atomic E-state index is 0.102. The van der Waals surface area contributed by atoms with Crippen molar-refractivity contribution in [3.63, 3.8) is 0 Å². The standard InChI is InChI=1S/C18H12ClN3O5/c19-13-4-2-1-3-11(13)7-12(10-20)18(23)21-14-8-16-17(27-6-5-26-16)9-15(14)22(24)25/h1-4,7-9H,5-6H2,(H,21,23)/b12-7+. The maximum atomic E-state index is 12.5. The summed E-state index contributed by atoms with van der Waals surface area (Å²) in [5.74, 6) is -0.314. The van der Waals surface area contributed by atoms with Crippen LogP contribution in [0.2, 0.25) is 5.02 Å². The number of carbonyl (C=O) groups is 1. The maximum absolute atomic E-state index is 12.5. The molecule has 0 saturated heterocycles. The van der Waals surface area contributed by atoms with Crippen molar-refractivity contribution in [2.24, 2.45) is 0 Å². The number of benzene rings is 2. The number of amides is 1. The van der Waals surface area contributed by atoms with Crippen molar-refractivity contribution in [3.8, 4) is 17.6 Å². The molecule has 136 valence electrons. The van der Waals surface area contributed by atoms with Crippen LogP contribution in [0.1, 0.15) is 5.56 Å². The molecule has 0 fully saturated rings. The molecule has 8 nitrogen and oxygen atoms in total. The van der Waals surface area contributed by atoms with Crippen LogP contribution in [-0.4, -0.2) is 24.0 Å². The molecular formula is C18H12ClN3O5. The Hall–Kier alpha value is -3.57. The van der Waals surface area contributed by atoms with Crippen LogP contribution in [-0.2, 0) is 4.79 Å². The molecule has 2 aromatic rings. The van der Waals surface area contributed by atoms with Gasteiger partial charge in [0.25, 0.3) is 11.6 Å². The van der Waals surface area contributed by atoms with Gasteiger partial charge in [-0.05, 0) is 17.7 Å². The highest BCUT2D eigenvalue weighted by Gasteiger charge is 2.24. The van der Waals surface area contributed by atoms with Gasteiger partial charge in [0.05, 0.1) is 11.0 Å². The molecular weight excluding hydrogens is 374 g/mol. The summed E-state index contributed by atoms with van der Waals surface area (Å²) in [4.78, 5) is 23.1. The molecule has 1 N–H and O–H groups in total. The lowest BCUT2D eigenvalue weighted by Crippen LogP contribution is -2.18. The number of fused-ring (bicyclic) bond motifs is 1. The summed E-state index contributed by atoms with van der Waals surface area (Å²) in [5, 5.41) is 23.4. The normalized spacial score (nSPS) is 12.8. The lowest BCUT2D eigenvalue weighted by atomic mass is 10.1. The molecule has 0 spiro atoms. The van der Waals surface area contributed by atoms with E-state index in [9.17, 15) is 20.2 Å². The third-order valence-electron chi connectivity index (χ3n) is 3.68. The average Bonchev–Trinajstić information content (AvgIpc) is 2.66. The number of rotatable bonds is 4. The first-order valence-electron chi connectivity index (χ1n) is 7.75. The Bertz CT molecular complexity index is 997. The number of nitrogens with one attached hydrogen (secondary N) is 1. The smallest absolute Gasteiger partial charge is 0.296 e. The molecule has 1 amide bonds. The monoisotopic (exact) mass is 385 g/mol. The van der Waals surface area contributed by atoms with Gasteiger partial charge in [-0.2, -0.15) is 5.26 Å². The van der Waals surface area contributed by atoms with Gasteiger partial charge in [-0.15, -0.1) is 0 Å². The van der Waals surface area contributed by atoms with E-state index in [1.807, 2.05) is 0 Å². The van der Waals surface area contributed by atoms with E-state index < -0.39 is 10.8 Å². The number of nitrogens with zero attached hydrogens (tertiary/aromatic N) is 2. The highest BCUT2D eigenvalue weighted by Crippen LogP contribution is 2.39. The van der Waals surface area contributed by atoms with E-state index in [-0.39, 0.29) is 41.7 Å². The highest BCUT2D eigenvalue weighted by atomic mass is 35.5. The fourth-order valence-electron chi connectivity index (χ4n) is 2.42. The molecule has 1 aliphatic heterocycles. The number of nitro benzene ring substituents is 1. The quantitative estimate of drug-likeness (QED) is 0.372. The molecule has 0 atom stereocenters. The van der Waals surface area contributed by atoms with Gasteiger partial charge in [0, 0.05) is 11.1 Å². The van der Waals surface area contributed by atoms with Gasteiger partial charge in [0.15, 0.2) is 11.5 Å². The molecule has 0 saturated carbocycles. The van der Waals surface area contributed by atoms with Crippen LogP contribution in [0.4, 0.5) is 11.4 Å². The molecule has 0 aliphatic carbocycles. The van der Waals surface area contributed by atoms with E-state index in [4.69, 9.17) is 21.1 Å². The van der Waals surface area contributed by atoms with Crippen LogP contribution in [0.3, 0.4) is 0 Å².